The molecule has 0 spiro atoms. The number of hydrogen-bond acceptors (Lipinski definition) is 5. The first kappa shape index (κ1) is 21.6. The van der Waals surface area contributed by atoms with Crippen molar-refractivity contribution in [3.05, 3.63) is 78.4 Å². The van der Waals surface area contributed by atoms with Crippen molar-refractivity contribution in [2.75, 3.05) is 5.73 Å². The maximum absolute atomic E-state index is 13.2. The van der Waals surface area contributed by atoms with Gasteiger partial charge in [0, 0.05) is 5.69 Å². The molecule has 0 fully saturated rings. The van der Waals surface area contributed by atoms with E-state index in [0.29, 0.717) is 11.3 Å². The Balaban J connectivity index is 1.90. The number of rotatable bonds is 5. The van der Waals surface area contributed by atoms with Gasteiger partial charge in [-0.3, -0.25) is 4.79 Å². The normalized spacial score (nSPS) is 11.8. The van der Waals surface area contributed by atoms with Crippen molar-refractivity contribution in [3.63, 3.8) is 0 Å². The first-order valence-corrected chi connectivity index (χ1v) is 11.1. The highest BCUT2D eigenvalue weighted by Gasteiger charge is 2.24. The lowest BCUT2D eigenvalue weighted by Gasteiger charge is -2.20. The van der Waals surface area contributed by atoms with Gasteiger partial charge in [-0.15, -0.1) is 0 Å². The van der Waals surface area contributed by atoms with E-state index >= 15 is 0 Å². The highest BCUT2D eigenvalue weighted by atomic mass is 32.2. The fraction of sp³-hybridized carbons (Fsp3) is 0.208. The van der Waals surface area contributed by atoms with Crippen LogP contribution in [0.4, 0.5) is 5.69 Å². The van der Waals surface area contributed by atoms with Crippen LogP contribution >= 0.6 is 0 Å². The standard InChI is InChI=1S/C24H25NO4S/c1-24(2,3)29-23(26)16-19-6-4-5-7-22(19)30(27,28)21-14-10-18(11-15-21)17-8-12-20(25)13-9-17/h4-15H,16,25H2,1-3H3. The van der Waals surface area contributed by atoms with Crippen molar-refractivity contribution in [3.8, 4) is 11.1 Å². The summed E-state index contributed by atoms with van der Waals surface area (Å²) in [6.45, 7) is 5.32. The third kappa shape index (κ3) is 5.07. The molecule has 0 aromatic heterocycles. The summed E-state index contributed by atoms with van der Waals surface area (Å²) in [7, 11) is -3.79. The number of carbonyl (C=O) groups excluding carboxylic acids is 1. The quantitative estimate of drug-likeness (QED) is 0.477. The zero-order valence-electron chi connectivity index (χ0n) is 17.3. The molecule has 0 heterocycles. The predicted octanol–water partition coefficient (Wildman–Crippen LogP) is 4.65. The van der Waals surface area contributed by atoms with Gasteiger partial charge < -0.3 is 10.5 Å². The molecule has 0 aliphatic heterocycles. The average molecular weight is 424 g/mol. The van der Waals surface area contributed by atoms with Gasteiger partial charge in [0.05, 0.1) is 16.2 Å². The zero-order chi connectivity index (χ0) is 21.9. The van der Waals surface area contributed by atoms with Crippen LogP contribution in [0.3, 0.4) is 0 Å². The molecule has 156 valence electrons. The van der Waals surface area contributed by atoms with E-state index in [9.17, 15) is 13.2 Å². The summed E-state index contributed by atoms with van der Waals surface area (Å²) in [4.78, 5) is 12.5. The first-order chi connectivity index (χ1) is 14.1. The van der Waals surface area contributed by atoms with Gasteiger partial charge in [-0.2, -0.15) is 0 Å². The summed E-state index contributed by atoms with van der Waals surface area (Å²) >= 11 is 0. The van der Waals surface area contributed by atoms with Crippen molar-refractivity contribution in [1.82, 2.24) is 0 Å². The minimum atomic E-state index is -3.79. The highest BCUT2D eigenvalue weighted by molar-refractivity contribution is 7.91. The molecule has 3 rings (SSSR count). The maximum atomic E-state index is 13.2. The van der Waals surface area contributed by atoms with Crippen molar-refractivity contribution in [2.24, 2.45) is 0 Å². The lowest BCUT2D eigenvalue weighted by Crippen LogP contribution is -2.25. The van der Waals surface area contributed by atoms with Crippen molar-refractivity contribution < 1.29 is 17.9 Å². The molecular weight excluding hydrogens is 398 g/mol. The molecule has 0 radical (unpaired) electrons. The van der Waals surface area contributed by atoms with E-state index < -0.39 is 21.4 Å². The third-order valence-electron chi connectivity index (χ3n) is 4.43. The molecule has 3 aromatic carbocycles. The van der Waals surface area contributed by atoms with Gasteiger partial charge in [0.15, 0.2) is 0 Å². The van der Waals surface area contributed by atoms with Crippen molar-refractivity contribution in [2.45, 2.75) is 42.6 Å². The number of nitrogens with two attached hydrogens (primary N) is 1. The monoisotopic (exact) mass is 423 g/mol. The molecular formula is C24H25NO4S. The van der Waals surface area contributed by atoms with Gasteiger partial charge in [-0.1, -0.05) is 42.5 Å². The van der Waals surface area contributed by atoms with Crippen LogP contribution < -0.4 is 5.73 Å². The van der Waals surface area contributed by atoms with Gasteiger partial charge in [-0.25, -0.2) is 8.42 Å². The lowest BCUT2D eigenvalue weighted by atomic mass is 10.1. The van der Waals surface area contributed by atoms with Gasteiger partial charge >= 0.3 is 5.97 Å². The number of hydrogen-bond donors (Lipinski definition) is 1. The Morgan fingerprint density at radius 2 is 1.40 bits per heavy atom. The fourth-order valence-corrected chi connectivity index (χ4v) is 4.57. The van der Waals surface area contributed by atoms with Crippen LogP contribution in [0.15, 0.2) is 82.6 Å². The number of carbonyl (C=O) groups is 1. The molecule has 0 bridgehead atoms. The Labute approximate surface area is 177 Å². The van der Waals surface area contributed by atoms with E-state index in [1.54, 1.807) is 75.4 Å². The molecule has 0 atom stereocenters. The SMILES string of the molecule is CC(C)(C)OC(=O)Cc1ccccc1S(=O)(=O)c1ccc(-c2ccc(N)cc2)cc1. The summed E-state index contributed by atoms with van der Waals surface area (Å²) < 4.78 is 31.8. The Morgan fingerprint density at radius 1 is 0.867 bits per heavy atom. The molecule has 0 unspecified atom stereocenters. The van der Waals surface area contributed by atoms with Crippen molar-refractivity contribution in [1.29, 1.82) is 0 Å². The van der Waals surface area contributed by atoms with Gasteiger partial charge in [0.2, 0.25) is 9.84 Å². The largest absolute Gasteiger partial charge is 0.460 e. The topological polar surface area (TPSA) is 86.5 Å². The van der Waals surface area contributed by atoms with Crippen LogP contribution in [0.2, 0.25) is 0 Å². The fourth-order valence-electron chi connectivity index (χ4n) is 3.07. The number of esters is 1. The first-order valence-electron chi connectivity index (χ1n) is 9.57. The molecule has 3 aromatic rings. The molecule has 0 aliphatic carbocycles. The molecule has 0 amide bonds. The number of anilines is 1. The summed E-state index contributed by atoms with van der Waals surface area (Å²) in [6.07, 6.45) is -0.115. The molecule has 0 saturated carbocycles. The molecule has 30 heavy (non-hydrogen) atoms. The number of ether oxygens (including phenoxy) is 1. The summed E-state index contributed by atoms with van der Waals surface area (Å²) in [6, 6.07) is 20.5. The zero-order valence-corrected chi connectivity index (χ0v) is 18.1. The molecule has 0 aliphatic rings. The Kier molecular flexibility index (Phi) is 5.99. The molecule has 5 nitrogen and oxygen atoms in total. The number of sulfone groups is 1. The smallest absolute Gasteiger partial charge is 0.310 e. The van der Waals surface area contributed by atoms with Crippen LogP contribution in [-0.4, -0.2) is 20.0 Å². The average Bonchev–Trinajstić information content (AvgIpc) is 2.67. The minimum Gasteiger partial charge on any atom is -0.460 e. The van der Waals surface area contributed by atoms with Gasteiger partial charge in [-0.05, 0) is 67.8 Å². The second-order valence-corrected chi connectivity index (χ2v) is 9.94. The number of nitrogen functional groups attached to an aromatic ring is 1. The van der Waals surface area contributed by atoms with Crippen LogP contribution in [0.25, 0.3) is 11.1 Å². The van der Waals surface area contributed by atoms with Crippen LogP contribution in [0, 0.1) is 0 Å². The highest BCUT2D eigenvalue weighted by Crippen LogP contribution is 2.28. The summed E-state index contributed by atoms with van der Waals surface area (Å²) in [5, 5.41) is 0. The van der Waals surface area contributed by atoms with E-state index in [1.165, 1.54) is 6.07 Å². The Bertz CT molecular complexity index is 1140. The summed E-state index contributed by atoms with van der Waals surface area (Å²) in [5.41, 5.74) is 7.99. The molecule has 6 heteroatoms. The van der Waals surface area contributed by atoms with Gasteiger partial charge in [0.1, 0.15) is 5.60 Å². The van der Waals surface area contributed by atoms with E-state index in [4.69, 9.17) is 10.5 Å². The van der Waals surface area contributed by atoms with Gasteiger partial charge in [0.25, 0.3) is 0 Å². The van der Waals surface area contributed by atoms with E-state index in [-0.39, 0.29) is 16.2 Å². The number of benzene rings is 3. The second-order valence-electron chi connectivity index (χ2n) is 8.02. The molecule has 2 N–H and O–H groups in total. The van der Waals surface area contributed by atoms with Crippen LogP contribution in [0.1, 0.15) is 26.3 Å². The molecule has 0 saturated heterocycles. The third-order valence-corrected chi connectivity index (χ3v) is 6.30. The van der Waals surface area contributed by atoms with E-state index in [2.05, 4.69) is 0 Å². The maximum Gasteiger partial charge on any atom is 0.310 e. The second kappa shape index (κ2) is 8.32. The van der Waals surface area contributed by atoms with E-state index in [1.807, 2.05) is 12.1 Å². The minimum absolute atomic E-state index is 0.107. The lowest BCUT2D eigenvalue weighted by molar-refractivity contribution is -0.153. The van der Waals surface area contributed by atoms with E-state index in [0.717, 1.165) is 11.1 Å². The Hall–Kier alpha value is -3.12. The van der Waals surface area contributed by atoms with Crippen molar-refractivity contribution >= 4 is 21.5 Å². The van der Waals surface area contributed by atoms with Crippen LogP contribution in [-0.2, 0) is 25.8 Å². The summed E-state index contributed by atoms with van der Waals surface area (Å²) in [5.74, 6) is -0.469. The Morgan fingerprint density at radius 3 is 1.97 bits per heavy atom. The van der Waals surface area contributed by atoms with Crippen LogP contribution in [0.5, 0.6) is 0 Å². The predicted molar refractivity (Wildman–Crippen MR) is 118 cm³/mol.